The summed E-state index contributed by atoms with van der Waals surface area (Å²) in [6, 6.07) is 13.9. The molecule has 160 valence electrons. The molecular weight excluding hydrogens is 435 g/mol. The predicted molar refractivity (Wildman–Crippen MR) is 120 cm³/mol. The van der Waals surface area contributed by atoms with Crippen molar-refractivity contribution < 1.29 is 9.59 Å². The highest BCUT2D eigenvalue weighted by atomic mass is 35.5. The van der Waals surface area contributed by atoms with Crippen molar-refractivity contribution in [3.8, 4) is 6.07 Å². The van der Waals surface area contributed by atoms with Gasteiger partial charge in [-0.25, -0.2) is 9.69 Å². The van der Waals surface area contributed by atoms with E-state index >= 15 is 0 Å². The van der Waals surface area contributed by atoms with Crippen molar-refractivity contribution in [1.82, 2.24) is 9.80 Å². The van der Waals surface area contributed by atoms with Gasteiger partial charge in [0.1, 0.15) is 5.54 Å². The van der Waals surface area contributed by atoms with Gasteiger partial charge in [0.2, 0.25) is 0 Å². The molecule has 8 heteroatoms. The first kappa shape index (κ1) is 21.6. The molecule has 0 saturated carbocycles. The Morgan fingerprint density at radius 2 is 1.71 bits per heavy atom. The highest BCUT2D eigenvalue weighted by Crippen LogP contribution is 2.47. The molecule has 0 bridgehead atoms. The van der Waals surface area contributed by atoms with Gasteiger partial charge < -0.3 is 4.90 Å². The lowest BCUT2D eigenvalue weighted by Crippen LogP contribution is -2.54. The number of hydrogen-bond acceptors (Lipinski definition) is 4. The average molecular weight is 457 g/mol. The minimum atomic E-state index is -1.07. The Morgan fingerprint density at radius 3 is 2.26 bits per heavy atom. The number of rotatable bonds is 3. The molecule has 2 aromatic carbocycles. The van der Waals surface area contributed by atoms with Gasteiger partial charge in [-0.2, -0.15) is 5.26 Å². The van der Waals surface area contributed by atoms with Crippen LogP contribution in [0.5, 0.6) is 0 Å². The lowest BCUT2D eigenvalue weighted by molar-refractivity contribution is -0.124. The maximum absolute atomic E-state index is 13.9. The van der Waals surface area contributed by atoms with E-state index < -0.39 is 11.6 Å². The van der Waals surface area contributed by atoms with E-state index in [1.807, 2.05) is 12.1 Å². The molecule has 31 heavy (non-hydrogen) atoms. The Kier molecular flexibility index (Phi) is 5.47. The van der Waals surface area contributed by atoms with Crippen molar-refractivity contribution in [3.05, 3.63) is 63.6 Å². The third kappa shape index (κ3) is 3.38. The lowest BCUT2D eigenvalue weighted by Gasteiger charge is -2.34. The van der Waals surface area contributed by atoms with E-state index in [-0.39, 0.29) is 17.9 Å². The fraction of sp³-hybridized carbons (Fsp3) is 0.348. The summed E-state index contributed by atoms with van der Waals surface area (Å²) in [5.41, 5.74) is 0.762. The van der Waals surface area contributed by atoms with Gasteiger partial charge in [-0.3, -0.25) is 9.69 Å². The predicted octanol–water partition coefficient (Wildman–Crippen LogP) is 4.51. The van der Waals surface area contributed by atoms with Crippen LogP contribution in [0.4, 0.5) is 10.5 Å². The number of nitrogens with zero attached hydrogens (tertiary/aromatic N) is 4. The Morgan fingerprint density at radius 1 is 1.10 bits per heavy atom. The third-order valence-corrected chi connectivity index (χ3v) is 6.80. The Balaban J connectivity index is 1.83. The zero-order chi connectivity index (χ0) is 22.5. The second-order valence-electron chi connectivity index (χ2n) is 8.34. The van der Waals surface area contributed by atoms with Gasteiger partial charge >= 0.3 is 6.03 Å². The number of likely N-dealkylation sites (tertiary alicyclic amines) is 1. The van der Waals surface area contributed by atoms with Crippen LogP contribution in [0.15, 0.2) is 42.5 Å². The van der Waals surface area contributed by atoms with Crippen molar-refractivity contribution in [2.24, 2.45) is 0 Å². The quantitative estimate of drug-likeness (QED) is 0.637. The number of amides is 3. The molecule has 6 nitrogen and oxygen atoms in total. The molecule has 1 spiro atoms. The van der Waals surface area contributed by atoms with E-state index in [2.05, 4.69) is 24.8 Å². The number of carbonyl (C=O) groups is 2. The third-order valence-electron chi connectivity index (χ3n) is 6.37. The number of likely N-dealkylation sites (N-methyl/N-ethyl adjacent to an activating group) is 1. The van der Waals surface area contributed by atoms with Crippen LogP contribution in [0.2, 0.25) is 10.0 Å². The van der Waals surface area contributed by atoms with Crippen molar-refractivity contribution in [2.45, 2.75) is 31.3 Å². The first-order valence-corrected chi connectivity index (χ1v) is 10.8. The number of benzene rings is 2. The molecule has 0 unspecified atom stereocenters. The molecule has 0 aliphatic carbocycles. The number of urea groups is 1. The highest BCUT2D eigenvalue weighted by Gasteiger charge is 2.64. The zero-order valence-corrected chi connectivity index (χ0v) is 19.0. The van der Waals surface area contributed by atoms with Crippen LogP contribution in [-0.2, 0) is 4.79 Å². The smallest absolute Gasteiger partial charge is 0.310 e. The van der Waals surface area contributed by atoms with Gasteiger partial charge in [0.25, 0.3) is 5.91 Å². The van der Waals surface area contributed by atoms with Crippen LogP contribution in [0.1, 0.15) is 30.9 Å². The number of hydrogen-bond donors (Lipinski definition) is 0. The van der Waals surface area contributed by atoms with E-state index in [1.165, 1.54) is 4.90 Å². The van der Waals surface area contributed by atoms with Gasteiger partial charge in [-0.15, -0.1) is 0 Å². The first-order chi connectivity index (χ1) is 14.7. The normalized spacial score (nSPS) is 24.0. The Bertz CT molecular complexity index is 1080. The topological polar surface area (TPSA) is 67.6 Å². The molecule has 2 heterocycles. The van der Waals surface area contributed by atoms with E-state index in [0.29, 0.717) is 34.4 Å². The van der Waals surface area contributed by atoms with Crippen molar-refractivity contribution in [1.29, 1.82) is 5.26 Å². The summed E-state index contributed by atoms with van der Waals surface area (Å²) in [7, 11) is 1.67. The first-order valence-electron chi connectivity index (χ1n) is 10.0. The maximum atomic E-state index is 13.9. The monoisotopic (exact) mass is 456 g/mol. The van der Waals surface area contributed by atoms with Crippen molar-refractivity contribution in [2.75, 3.05) is 25.0 Å². The second-order valence-corrected chi connectivity index (χ2v) is 9.22. The molecule has 2 saturated heterocycles. The van der Waals surface area contributed by atoms with Crippen LogP contribution in [-0.4, -0.2) is 53.5 Å². The second kappa shape index (κ2) is 7.83. The zero-order valence-electron chi connectivity index (χ0n) is 17.5. The SMILES string of the molecule is CC(C)N1C[C@H](c2ccc(C#N)cc2)[C@]2(C1)C(=O)N(c1cc(Cl)cc(Cl)c1)C(=O)N2C. The number of carbonyl (C=O) groups excluding carboxylic acids is 2. The Hall–Kier alpha value is -2.59. The Labute approximate surface area is 191 Å². The summed E-state index contributed by atoms with van der Waals surface area (Å²) < 4.78 is 0. The molecule has 2 aromatic rings. The largest absolute Gasteiger partial charge is 0.332 e. The summed E-state index contributed by atoms with van der Waals surface area (Å²) in [4.78, 5) is 32.2. The van der Waals surface area contributed by atoms with Crippen LogP contribution >= 0.6 is 23.2 Å². The molecule has 2 atom stereocenters. The van der Waals surface area contributed by atoms with Gasteiger partial charge in [-0.05, 0) is 49.7 Å². The minimum absolute atomic E-state index is 0.200. The number of halogens is 2. The number of nitriles is 1. The van der Waals surface area contributed by atoms with Crippen LogP contribution in [0.25, 0.3) is 0 Å². The summed E-state index contributed by atoms with van der Waals surface area (Å²) in [5, 5.41) is 9.85. The molecule has 2 aliphatic heterocycles. The molecule has 3 amide bonds. The van der Waals surface area contributed by atoms with E-state index in [1.54, 1.807) is 42.3 Å². The molecule has 0 radical (unpaired) electrons. The minimum Gasteiger partial charge on any atom is -0.310 e. The van der Waals surface area contributed by atoms with E-state index in [4.69, 9.17) is 28.5 Å². The van der Waals surface area contributed by atoms with Crippen LogP contribution < -0.4 is 4.90 Å². The van der Waals surface area contributed by atoms with E-state index in [0.717, 1.165) is 5.56 Å². The number of imide groups is 1. The molecule has 2 fully saturated rings. The van der Waals surface area contributed by atoms with Gasteiger partial charge in [0, 0.05) is 42.1 Å². The van der Waals surface area contributed by atoms with Crippen molar-refractivity contribution in [3.63, 3.8) is 0 Å². The van der Waals surface area contributed by atoms with Gasteiger partial charge in [0.05, 0.1) is 17.3 Å². The summed E-state index contributed by atoms with van der Waals surface area (Å²) in [6.07, 6.45) is 0. The summed E-state index contributed by atoms with van der Waals surface area (Å²) >= 11 is 12.3. The van der Waals surface area contributed by atoms with E-state index in [9.17, 15) is 9.59 Å². The van der Waals surface area contributed by atoms with Crippen LogP contribution in [0, 0.1) is 11.3 Å². The van der Waals surface area contributed by atoms with Crippen LogP contribution in [0.3, 0.4) is 0 Å². The molecule has 2 aliphatic rings. The number of anilines is 1. The standard InChI is InChI=1S/C23H22Cl2N4O2/c1-14(2)28-12-20(16-6-4-15(11-26)5-7-16)23(13-28)21(30)29(22(31)27(23)3)19-9-17(24)8-18(25)10-19/h4-10,14,20H,12-13H2,1-3H3/t20-,23-/m1/s1. The molecular formula is C23H22Cl2N4O2. The van der Waals surface area contributed by atoms with Crippen molar-refractivity contribution >= 4 is 40.8 Å². The fourth-order valence-electron chi connectivity index (χ4n) is 4.63. The average Bonchev–Trinajstić information content (AvgIpc) is 3.21. The van der Waals surface area contributed by atoms with Gasteiger partial charge in [-0.1, -0.05) is 35.3 Å². The highest BCUT2D eigenvalue weighted by molar-refractivity contribution is 6.35. The lowest BCUT2D eigenvalue weighted by atomic mass is 9.80. The fourth-order valence-corrected chi connectivity index (χ4v) is 5.15. The van der Waals surface area contributed by atoms with Gasteiger partial charge in [0.15, 0.2) is 0 Å². The maximum Gasteiger partial charge on any atom is 0.332 e. The molecule has 0 N–H and O–H groups in total. The molecule has 4 rings (SSSR count). The summed E-state index contributed by atoms with van der Waals surface area (Å²) in [5.74, 6) is -0.542. The summed E-state index contributed by atoms with van der Waals surface area (Å²) in [6.45, 7) is 5.19. The molecule has 0 aromatic heterocycles.